The van der Waals surface area contributed by atoms with Gasteiger partial charge in [-0.25, -0.2) is 0 Å². The Morgan fingerprint density at radius 1 is 1.04 bits per heavy atom. The second kappa shape index (κ2) is 7.60. The molecule has 0 amide bonds. The summed E-state index contributed by atoms with van der Waals surface area (Å²) in [5.74, 6) is 5.02. The lowest BCUT2D eigenvalue weighted by atomic mass is 9.44. The van der Waals surface area contributed by atoms with Crippen LogP contribution in [0.15, 0.2) is 0 Å². The Kier molecular flexibility index (Phi) is 5.61. The van der Waals surface area contributed by atoms with Crippen molar-refractivity contribution >= 4 is 5.97 Å². The van der Waals surface area contributed by atoms with E-state index < -0.39 is 0 Å². The summed E-state index contributed by atoms with van der Waals surface area (Å²) in [6.45, 7) is 7.65. The van der Waals surface area contributed by atoms with Crippen LogP contribution in [0.3, 0.4) is 0 Å². The van der Waals surface area contributed by atoms with Crippen LogP contribution < -0.4 is 5.73 Å². The SMILES string of the molecule is COC(=O)CC[C@@H](C)[C@H]1CC[C@H]2[C@@H]3CC[C@@H]4C[C@@H](N)CC[C@]4(C)[C@H]3CC[C@]12C. The first-order chi connectivity index (χ1) is 13.3. The van der Waals surface area contributed by atoms with Gasteiger partial charge in [-0.05, 0) is 111 Å². The molecule has 4 fully saturated rings. The molecule has 0 unspecified atom stereocenters. The van der Waals surface area contributed by atoms with Crippen LogP contribution >= 0.6 is 0 Å². The highest BCUT2D eigenvalue weighted by molar-refractivity contribution is 5.69. The molecule has 0 saturated heterocycles. The van der Waals surface area contributed by atoms with Gasteiger partial charge in [-0.3, -0.25) is 4.79 Å². The average molecular weight is 390 g/mol. The van der Waals surface area contributed by atoms with Crippen molar-refractivity contribution < 1.29 is 9.53 Å². The van der Waals surface area contributed by atoms with Gasteiger partial charge in [0.2, 0.25) is 0 Å². The van der Waals surface area contributed by atoms with E-state index in [9.17, 15) is 4.79 Å². The number of ether oxygens (including phenoxy) is 1. The van der Waals surface area contributed by atoms with Crippen molar-refractivity contribution in [1.82, 2.24) is 0 Å². The lowest BCUT2D eigenvalue weighted by Gasteiger charge is -2.61. The summed E-state index contributed by atoms with van der Waals surface area (Å²) >= 11 is 0. The summed E-state index contributed by atoms with van der Waals surface area (Å²) in [7, 11) is 1.51. The largest absolute Gasteiger partial charge is 0.469 e. The number of esters is 1. The first-order valence-corrected chi connectivity index (χ1v) is 12.1. The number of methoxy groups -OCH3 is 1. The van der Waals surface area contributed by atoms with E-state index in [1.807, 2.05) is 0 Å². The molecule has 0 spiro atoms. The molecule has 0 aromatic carbocycles. The number of nitrogens with two attached hydrogens (primary N) is 1. The summed E-state index contributed by atoms with van der Waals surface area (Å²) in [5.41, 5.74) is 7.39. The van der Waals surface area contributed by atoms with Crippen LogP contribution in [0.4, 0.5) is 0 Å². The number of carbonyl (C=O) groups excluding carboxylic acids is 1. The van der Waals surface area contributed by atoms with Gasteiger partial charge in [-0.2, -0.15) is 0 Å². The smallest absolute Gasteiger partial charge is 0.305 e. The average Bonchev–Trinajstić information content (AvgIpc) is 3.03. The first kappa shape index (κ1) is 20.7. The number of rotatable bonds is 4. The second-order valence-corrected chi connectivity index (χ2v) is 11.5. The van der Waals surface area contributed by atoms with E-state index in [1.165, 1.54) is 64.9 Å². The lowest BCUT2D eigenvalue weighted by Crippen LogP contribution is -2.54. The predicted octanol–water partition coefficient (Wildman–Crippen LogP) is 5.56. The molecule has 28 heavy (non-hydrogen) atoms. The molecule has 0 bridgehead atoms. The van der Waals surface area contributed by atoms with E-state index in [2.05, 4.69) is 20.8 Å². The van der Waals surface area contributed by atoms with Gasteiger partial charge in [0.25, 0.3) is 0 Å². The van der Waals surface area contributed by atoms with Crippen LogP contribution in [0.2, 0.25) is 0 Å². The Labute approximate surface area is 172 Å². The minimum absolute atomic E-state index is 0.0444. The van der Waals surface area contributed by atoms with Gasteiger partial charge >= 0.3 is 5.97 Å². The molecule has 0 heterocycles. The van der Waals surface area contributed by atoms with Crippen LogP contribution in [0.5, 0.6) is 0 Å². The van der Waals surface area contributed by atoms with Crippen LogP contribution in [0, 0.1) is 46.3 Å². The highest BCUT2D eigenvalue weighted by atomic mass is 16.5. The normalized spacial score (nSPS) is 48.9. The molecular weight excluding hydrogens is 346 g/mol. The maximum atomic E-state index is 11.6. The zero-order chi connectivity index (χ0) is 20.1. The molecule has 0 aromatic rings. The second-order valence-electron chi connectivity index (χ2n) is 11.5. The van der Waals surface area contributed by atoms with Crippen LogP contribution in [-0.4, -0.2) is 19.1 Å². The van der Waals surface area contributed by atoms with Crippen LogP contribution in [0.25, 0.3) is 0 Å². The highest BCUT2D eigenvalue weighted by Crippen LogP contribution is 2.68. The van der Waals surface area contributed by atoms with Gasteiger partial charge in [0.1, 0.15) is 0 Å². The highest BCUT2D eigenvalue weighted by Gasteiger charge is 2.60. The summed E-state index contributed by atoms with van der Waals surface area (Å²) in [6, 6.07) is 0.454. The van der Waals surface area contributed by atoms with Crippen LogP contribution in [0.1, 0.15) is 91.4 Å². The van der Waals surface area contributed by atoms with Crippen LogP contribution in [-0.2, 0) is 9.53 Å². The Hall–Kier alpha value is -0.570. The van der Waals surface area contributed by atoms with Crippen molar-refractivity contribution in [3.05, 3.63) is 0 Å². The molecule has 4 aliphatic rings. The summed E-state index contributed by atoms with van der Waals surface area (Å²) < 4.78 is 4.89. The van der Waals surface area contributed by atoms with Gasteiger partial charge in [0.05, 0.1) is 7.11 Å². The summed E-state index contributed by atoms with van der Waals surface area (Å²) in [6.07, 6.45) is 13.9. The van der Waals surface area contributed by atoms with Crippen molar-refractivity contribution in [2.45, 2.75) is 97.4 Å². The van der Waals surface area contributed by atoms with E-state index in [-0.39, 0.29) is 5.97 Å². The van der Waals surface area contributed by atoms with Gasteiger partial charge in [0.15, 0.2) is 0 Å². The Balaban J connectivity index is 1.48. The van der Waals surface area contributed by atoms with Gasteiger partial charge in [-0.1, -0.05) is 20.8 Å². The fourth-order valence-corrected chi connectivity index (χ4v) is 8.92. The molecule has 160 valence electrons. The van der Waals surface area contributed by atoms with Crippen molar-refractivity contribution in [3.63, 3.8) is 0 Å². The molecule has 4 rings (SSSR count). The van der Waals surface area contributed by atoms with Crippen molar-refractivity contribution in [2.24, 2.45) is 52.1 Å². The van der Waals surface area contributed by atoms with E-state index in [0.717, 1.165) is 36.0 Å². The van der Waals surface area contributed by atoms with Gasteiger partial charge in [0, 0.05) is 12.5 Å². The minimum atomic E-state index is -0.0444. The molecule has 0 aliphatic heterocycles. The molecule has 3 heteroatoms. The van der Waals surface area contributed by atoms with E-state index in [0.29, 0.717) is 29.2 Å². The molecule has 0 aromatic heterocycles. The number of hydrogen-bond acceptors (Lipinski definition) is 3. The zero-order valence-electron chi connectivity index (χ0n) is 18.7. The minimum Gasteiger partial charge on any atom is -0.469 e. The molecule has 2 N–H and O–H groups in total. The predicted molar refractivity (Wildman–Crippen MR) is 114 cm³/mol. The Bertz CT molecular complexity index is 591. The van der Waals surface area contributed by atoms with Gasteiger partial charge < -0.3 is 10.5 Å². The molecule has 4 saturated carbocycles. The van der Waals surface area contributed by atoms with Crippen molar-refractivity contribution in [2.75, 3.05) is 7.11 Å². The molecule has 9 atom stereocenters. The topological polar surface area (TPSA) is 52.3 Å². The number of fused-ring (bicyclic) bond motifs is 5. The van der Waals surface area contributed by atoms with Crippen molar-refractivity contribution in [3.8, 4) is 0 Å². The number of hydrogen-bond donors (Lipinski definition) is 1. The molecule has 3 nitrogen and oxygen atoms in total. The quantitative estimate of drug-likeness (QED) is 0.640. The standard InChI is InChI=1S/C25H43NO2/c1-16(5-10-23(27)28-4)20-8-9-21-19-7-6-17-15-18(26)11-13-24(17,2)22(19)12-14-25(20,21)3/h16-22H,5-15,26H2,1-4H3/t16-,17-,18+,19+,20-,21+,22+,24+,25-/m1/s1. The third-order valence-electron chi connectivity index (χ3n) is 10.5. The summed E-state index contributed by atoms with van der Waals surface area (Å²) in [4.78, 5) is 11.6. The van der Waals surface area contributed by atoms with E-state index >= 15 is 0 Å². The summed E-state index contributed by atoms with van der Waals surface area (Å²) in [5, 5.41) is 0. The Morgan fingerprint density at radius 2 is 1.75 bits per heavy atom. The maximum Gasteiger partial charge on any atom is 0.305 e. The Morgan fingerprint density at radius 3 is 2.50 bits per heavy atom. The lowest BCUT2D eigenvalue weighted by molar-refractivity contribution is -0.141. The van der Waals surface area contributed by atoms with E-state index in [4.69, 9.17) is 10.5 Å². The fourth-order valence-electron chi connectivity index (χ4n) is 8.92. The fraction of sp³-hybridized carbons (Fsp3) is 0.960. The molecular formula is C25H43NO2. The van der Waals surface area contributed by atoms with Crippen molar-refractivity contribution in [1.29, 1.82) is 0 Å². The maximum absolute atomic E-state index is 11.6. The zero-order valence-corrected chi connectivity index (χ0v) is 18.7. The third-order valence-corrected chi connectivity index (χ3v) is 10.5. The molecule has 0 radical (unpaired) electrons. The van der Waals surface area contributed by atoms with E-state index in [1.54, 1.807) is 0 Å². The number of carbonyl (C=O) groups is 1. The van der Waals surface area contributed by atoms with Gasteiger partial charge in [-0.15, -0.1) is 0 Å². The monoisotopic (exact) mass is 389 g/mol. The third kappa shape index (κ3) is 3.24. The first-order valence-electron chi connectivity index (χ1n) is 12.1. The molecule has 4 aliphatic carbocycles.